The summed E-state index contributed by atoms with van der Waals surface area (Å²) < 4.78 is 11.6. The molecule has 0 aliphatic carbocycles. The standard InChI is InChI=1S/C12H13N5O5/c1-2-21-3-5-7(18)8(19)11(22-5)17-4-14-6-9(17)15-12(13)16-10(6)20/h1,4-5,7-8,11,18-19H,3H2,(H3,13,15,16,20)/t5-,7-,8+,11-/m1/s1. The average Bonchev–Trinajstić information content (AvgIpc) is 3.00. The molecule has 2 aromatic rings. The van der Waals surface area contributed by atoms with Crippen LogP contribution in [0.5, 0.6) is 0 Å². The lowest BCUT2D eigenvalue weighted by molar-refractivity contribution is -0.0509. The number of aromatic nitrogens is 4. The summed E-state index contributed by atoms with van der Waals surface area (Å²) in [4.78, 5) is 21.9. The van der Waals surface area contributed by atoms with Crippen LogP contribution in [0, 0.1) is 12.5 Å². The van der Waals surface area contributed by atoms with Gasteiger partial charge in [0.25, 0.3) is 5.56 Å². The number of hydrogen-bond acceptors (Lipinski definition) is 8. The van der Waals surface area contributed by atoms with E-state index in [2.05, 4.69) is 15.0 Å². The van der Waals surface area contributed by atoms with E-state index in [1.807, 2.05) is 6.11 Å². The fourth-order valence-corrected chi connectivity index (χ4v) is 2.36. The van der Waals surface area contributed by atoms with Crippen LogP contribution in [0.15, 0.2) is 11.1 Å². The van der Waals surface area contributed by atoms with Gasteiger partial charge in [-0.25, -0.2) is 4.98 Å². The number of anilines is 1. The predicted octanol–water partition coefficient (Wildman–Crippen LogP) is -2.07. The molecule has 1 fully saturated rings. The van der Waals surface area contributed by atoms with Gasteiger partial charge in [-0.2, -0.15) is 4.98 Å². The van der Waals surface area contributed by atoms with E-state index in [1.165, 1.54) is 10.9 Å². The Bertz CT molecular complexity index is 793. The van der Waals surface area contributed by atoms with Crippen molar-refractivity contribution in [3.05, 3.63) is 16.7 Å². The van der Waals surface area contributed by atoms with Gasteiger partial charge in [0.1, 0.15) is 31.0 Å². The van der Waals surface area contributed by atoms with Crippen molar-refractivity contribution < 1.29 is 19.7 Å². The summed E-state index contributed by atoms with van der Waals surface area (Å²) in [5.74, 6) is -0.0977. The Hall–Kier alpha value is -2.61. The molecular weight excluding hydrogens is 294 g/mol. The highest BCUT2D eigenvalue weighted by Crippen LogP contribution is 2.31. The quantitative estimate of drug-likeness (QED) is 0.472. The third-order valence-electron chi connectivity index (χ3n) is 3.39. The summed E-state index contributed by atoms with van der Waals surface area (Å²) in [5, 5.41) is 20.1. The number of hydrogen-bond donors (Lipinski definition) is 4. The minimum atomic E-state index is -1.27. The number of nitrogens with one attached hydrogen (secondary N) is 1. The molecular formula is C12H13N5O5. The topological polar surface area (TPSA) is 149 Å². The molecule has 0 unspecified atom stereocenters. The molecule has 22 heavy (non-hydrogen) atoms. The van der Waals surface area contributed by atoms with E-state index in [-0.39, 0.29) is 23.7 Å². The molecule has 3 heterocycles. The molecule has 0 amide bonds. The SMILES string of the molecule is C#COC[C@H]1O[C@@H](n2cnc3c(=O)[nH]c(N)nc32)[C@@H](O)[C@@H]1O. The third kappa shape index (κ3) is 2.17. The Morgan fingerprint density at radius 1 is 1.55 bits per heavy atom. The van der Waals surface area contributed by atoms with E-state index in [1.54, 1.807) is 0 Å². The molecule has 10 heteroatoms. The number of aliphatic hydroxyl groups is 2. The highest BCUT2D eigenvalue weighted by Gasteiger charge is 2.44. The maximum absolute atomic E-state index is 11.7. The van der Waals surface area contributed by atoms with Crippen molar-refractivity contribution in [3.63, 3.8) is 0 Å². The summed E-state index contributed by atoms with van der Waals surface area (Å²) >= 11 is 0. The summed E-state index contributed by atoms with van der Waals surface area (Å²) in [6.45, 7) is -0.0893. The number of H-pyrrole nitrogens is 1. The van der Waals surface area contributed by atoms with E-state index in [4.69, 9.17) is 21.6 Å². The number of nitrogens with zero attached hydrogens (tertiary/aromatic N) is 3. The maximum atomic E-state index is 11.7. The minimum absolute atomic E-state index is 0.0443. The first-order valence-electron chi connectivity index (χ1n) is 6.34. The van der Waals surface area contributed by atoms with Gasteiger partial charge in [0.05, 0.1) is 6.33 Å². The Morgan fingerprint density at radius 3 is 3.05 bits per heavy atom. The van der Waals surface area contributed by atoms with Crippen molar-refractivity contribution in [2.75, 3.05) is 12.3 Å². The largest absolute Gasteiger partial charge is 0.444 e. The second kappa shape index (κ2) is 5.30. The van der Waals surface area contributed by atoms with Crippen molar-refractivity contribution in [2.24, 2.45) is 0 Å². The van der Waals surface area contributed by atoms with Crippen LogP contribution in [0.25, 0.3) is 11.2 Å². The number of terminal acetylenes is 1. The molecule has 0 saturated carbocycles. The molecule has 10 nitrogen and oxygen atoms in total. The van der Waals surface area contributed by atoms with Gasteiger partial charge in [-0.3, -0.25) is 14.3 Å². The summed E-state index contributed by atoms with van der Waals surface area (Å²) in [6.07, 6.45) is 3.90. The minimum Gasteiger partial charge on any atom is -0.444 e. The van der Waals surface area contributed by atoms with Crippen LogP contribution in [0.3, 0.4) is 0 Å². The molecule has 0 spiro atoms. The molecule has 0 radical (unpaired) electrons. The number of aliphatic hydroxyl groups excluding tert-OH is 2. The van der Waals surface area contributed by atoms with Crippen LogP contribution in [0.4, 0.5) is 5.95 Å². The summed E-state index contributed by atoms with van der Waals surface area (Å²) in [5.41, 5.74) is 5.17. The van der Waals surface area contributed by atoms with E-state index in [0.29, 0.717) is 0 Å². The first-order chi connectivity index (χ1) is 10.5. The van der Waals surface area contributed by atoms with Crippen LogP contribution < -0.4 is 11.3 Å². The number of fused-ring (bicyclic) bond motifs is 1. The van der Waals surface area contributed by atoms with E-state index in [9.17, 15) is 15.0 Å². The van der Waals surface area contributed by atoms with Gasteiger partial charge in [-0.1, -0.05) is 6.42 Å². The van der Waals surface area contributed by atoms with Crippen LogP contribution >= 0.6 is 0 Å². The first-order valence-corrected chi connectivity index (χ1v) is 6.34. The molecule has 116 valence electrons. The van der Waals surface area contributed by atoms with Gasteiger partial charge in [-0.05, 0) is 0 Å². The Morgan fingerprint density at radius 2 is 2.32 bits per heavy atom. The molecule has 1 aliphatic rings. The predicted molar refractivity (Wildman–Crippen MR) is 73.3 cm³/mol. The smallest absolute Gasteiger partial charge is 0.280 e. The van der Waals surface area contributed by atoms with Gasteiger partial charge < -0.3 is 25.4 Å². The fourth-order valence-electron chi connectivity index (χ4n) is 2.36. The van der Waals surface area contributed by atoms with Gasteiger partial charge in [0.15, 0.2) is 17.4 Å². The number of rotatable bonds is 3. The molecule has 2 aromatic heterocycles. The molecule has 4 atom stereocenters. The van der Waals surface area contributed by atoms with Crippen molar-refractivity contribution in [3.8, 4) is 12.5 Å². The van der Waals surface area contributed by atoms with Crippen molar-refractivity contribution in [2.45, 2.75) is 24.5 Å². The normalized spacial score (nSPS) is 27.9. The first kappa shape index (κ1) is 14.3. The Labute approximate surface area is 123 Å². The molecule has 3 rings (SSSR count). The van der Waals surface area contributed by atoms with Crippen LogP contribution in [0.1, 0.15) is 6.23 Å². The van der Waals surface area contributed by atoms with Gasteiger partial charge >= 0.3 is 0 Å². The van der Waals surface area contributed by atoms with Crippen molar-refractivity contribution >= 4 is 17.1 Å². The van der Waals surface area contributed by atoms with Crippen molar-refractivity contribution in [1.29, 1.82) is 0 Å². The lowest BCUT2D eigenvalue weighted by Crippen LogP contribution is -2.33. The Kier molecular flexibility index (Phi) is 3.45. The van der Waals surface area contributed by atoms with Gasteiger partial charge in [0, 0.05) is 0 Å². The number of aromatic amines is 1. The molecule has 5 N–H and O–H groups in total. The zero-order chi connectivity index (χ0) is 15.9. The van der Waals surface area contributed by atoms with Gasteiger partial charge in [-0.15, -0.1) is 0 Å². The number of imidazole rings is 1. The van der Waals surface area contributed by atoms with E-state index in [0.717, 1.165) is 0 Å². The highest BCUT2D eigenvalue weighted by molar-refractivity contribution is 5.70. The zero-order valence-corrected chi connectivity index (χ0v) is 11.2. The van der Waals surface area contributed by atoms with Crippen LogP contribution in [-0.4, -0.2) is 54.7 Å². The van der Waals surface area contributed by atoms with Crippen LogP contribution in [0.2, 0.25) is 0 Å². The number of nitrogen functional groups attached to an aromatic ring is 1. The zero-order valence-electron chi connectivity index (χ0n) is 11.2. The van der Waals surface area contributed by atoms with E-state index >= 15 is 0 Å². The molecule has 0 aromatic carbocycles. The lowest BCUT2D eigenvalue weighted by atomic mass is 10.1. The maximum Gasteiger partial charge on any atom is 0.280 e. The lowest BCUT2D eigenvalue weighted by Gasteiger charge is -2.16. The third-order valence-corrected chi connectivity index (χ3v) is 3.39. The molecule has 1 aliphatic heterocycles. The number of ether oxygens (including phenoxy) is 2. The fraction of sp³-hybridized carbons (Fsp3) is 0.417. The highest BCUT2D eigenvalue weighted by atomic mass is 16.6. The number of nitrogens with two attached hydrogens (primary N) is 1. The van der Waals surface area contributed by atoms with Gasteiger partial charge in [0.2, 0.25) is 5.95 Å². The van der Waals surface area contributed by atoms with Crippen molar-refractivity contribution in [1.82, 2.24) is 19.5 Å². The monoisotopic (exact) mass is 307 g/mol. The summed E-state index contributed by atoms with van der Waals surface area (Å²) in [7, 11) is 0. The summed E-state index contributed by atoms with van der Waals surface area (Å²) in [6, 6.07) is 0. The second-order valence-corrected chi connectivity index (χ2v) is 4.75. The van der Waals surface area contributed by atoms with E-state index < -0.39 is 30.1 Å². The van der Waals surface area contributed by atoms with Crippen LogP contribution in [-0.2, 0) is 9.47 Å². The molecule has 1 saturated heterocycles. The average molecular weight is 307 g/mol. The Balaban J connectivity index is 1.98. The molecule has 0 bridgehead atoms. The second-order valence-electron chi connectivity index (χ2n) is 4.75.